The molecule has 0 aliphatic heterocycles. The first-order chi connectivity index (χ1) is 13.0. The van der Waals surface area contributed by atoms with Crippen LogP contribution in [0.4, 0.5) is 0 Å². The van der Waals surface area contributed by atoms with Crippen LogP contribution >= 0.6 is 11.6 Å². The number of benzene rings is 2. The maximum atomic E-state index is 12.7. The Morgan fingerprint density at radius 1 is 1.18 bits per heavy atom. The molecule has 2 aromatic rings. The van der Waals surface area contributed by atoms with Gasteiger partial charge in [0, 0.05) is 36.6 Å². The van der Waals surface area contributed by atoms with E-state index in [4.69, 9.17) is 16.3 Å². The second-order valence-electron chi connectivity index (χ2n) is 7.23. The largest absolute Gasteiger partial charge is 0.495 e. The van der Waals surface area contributed by atoms with E-state index in [-0.39, 0.29) is 27.5 Å². The Labute approximate surface area is 171 Å². The molecule has 0 heterocycles. The number of ether oxygens (including phenoxy) is 1. The lowest BCUT2D eigenvalue weighted by molar-refractivity contribution is 0.0945. The van der Waals surface area contributed by atoms with E-state index in [2.05, 4.69) is 5.32 Å². The SMILES string of the molecule is COc1ccc(C(=O)NCC(C)(C)c2cccc(Cl)c2)cc1S(=O)(=O)N(C)C. The second-order valence-corrected chi connectivity index (χ2v) is 9.79. The minimum absolute atomic E-state index is 0.0539. The van der Waals surface area contributed by atoms with Crippen LogP contribution in [0.15, 0.2) is 47.4 Å². The fraction of sp³-hybridized carbons (Fsp3) is 0.350. The van der Waals surface area contributed by atoms with Crippen LogP contribution in [0.1, 0.15) is 29.8 Å². The van der Waals surface area contributed by atoms with Crippen molar-refractivity contribution in [3.63, 3.8) is 0 Å². The van der Waals surface area contributed by atoms with E-state index in [0.29, 0.717) is 11.6 Å². The summed E-state index contributed by atoms with van der Waals surface area (Å²) in [6, 6.07) is 11.8. The Morgan fingerprint density at radius 3 is 2.43 bits per heavy atom. The van der Waals surface area contributed by atoms with Gasteiger partial charge >= 0.3 is 0 Å². The van der Waals surface area contributed by atoms with Crippen molar-refractivity contribution in [2.24, 2.45) is 0 Å². The third-order valence-electron chi connectivity index (χ3n) is 4.48. The Bertz CT molecular complexity index is 972. The van der Waals surface area contributed by atoms with Crippen molar-refractivity contribution in [2.45, 2.75) is 24.2 Å². The summed E-state index contributed by atoms with van der Waals surface area (Å²) in [5.41, 5.74) is 0.875. The minimum Gasteiger partial charge on any atom is -0.495 e. The predicted octanol–water partition coefficient (Wildman–Crippen LogP) is 3.31. The molecule has 0 aromatic heterocycles. The number of carbonyl (C=O) groups excluding carboxylic acids is 1. The average Bonchev–Trinajstić information content (AvgIpc) is 2.65. The molecule has 28 heavy (non-hydrogen) atoms. The van der Waals surface area contributed by atoms with Gasteiger partial charge in [0.2, 0.25) is 10.0 Å². The molecule has 0 aliphatic carbocycles. The molecule has 0 aliphatic rings. The molecule has 2 aromatic carbocycles. The van der Waals surface area contributed by atoms with E-state index in [1.165, 1.54) is 39.4 Å². The molecule has 0 unspecified atom stereocenters. The second kappa shape index (κ2) is 8.51. The molecule has 0 saturated heterocycles. The van der Waals surface area contributed by atoms with Gasteiger partial charge in [0.15, 0.2) is 0 Å². The van der Waals surface area contributed by atoms with Gasteiger partial charge in [0.1, 0.15) is 10.6 Å². The number of amides is 1. The molecular formula is C20H25ClN2O4S. The molecule has 0 fully saturated rings. The van der Waals surface area contributed by atoms with Crippen molar-refractivity contribution >= 4 is 27.5 Å². The van der Waals surface area contributed by atoms with Crippen LogP contribution in [0, 0.1) is 0 Å². The first kappa shape index (κ1) is 22.2. The van der Waals surface area contributed by atoms with Crippen LogP contribution in [0.5, 0.6) is 5.75 Å². The Kier molecular flexibility index (Phi) is 6.75. The van der Waals surface area contributed by atoms with E-state index in [1.807, 2.05) is 32.0 Å². The normalized spacial score (nSPS) is 12.1. The summed E-state index contributed by atoms with van der Waals surface area (Å²) in [6.07, 6.45) is 0. The summed E-state index contributed by atoms with van der Waals surface area (Å²) in [6.45, 7) is 4.34. The van der Waals surface area contributed by atoms with Crippen molar-refractivity contribution in [1.82, 2.24) is 9.62 Å². The first-order valence-electron chi connectivity index (χ1n) is 8.64. The predicted molar refractivity (Wildman–Crippen MR) is 111 cm³/mol. The summed E-state index contributed by atoms with van der Waals surface area (Å²) in [5.74, 6) is -0.183. The van der Waals surface area contributed by atoms with Crippen molar-refractivity contribution in [1.29, 1.82) is 0 Å². The molecule has 2 rings (SSSR count). The third kappa shape index (κ3) is 4.84. The Balaban J connectivity index is 2.25. The molecule has 6 nitrogen and oxygen atoms in total. The smallest absolute Gasteiger partial charge is 0.251 e. The van der Waals surface area contributed by atoms with Crippen LogP contribution in [-0.2, 0) is 15.4 Å². The molecule has 0 atom stereocenters. The van der Waals surface area contributed by atoms with Crippen LogP contribution in [0.2, 0.25) is 5.02 Å². The third-order valence-corrected chi connectivity index (χ3v) is 6.55. The monoisotopic (exact) mass is 424 g/mol. The number of halogens is 1. The lowest BCUT2D eigenvalue weighted by atomic mass is 9.84. The lowest BCUT2D eigenvalue weighted by Gasteiger charge is -2.26. The van der Waals surface area contributed by atoms with Crippen molar-refractivity contribution in [3.05, 3.63) is 58.6 Å². The number of sulfonamides is 1. The van der Waals surface area contributed by atoms with Crippen LogP contribution in [0.25, 0.3) is 0 Å². The number of methoxy groups -OCH3 is 1. The van der Waals surface area contributed by atoms with Crippen molar-refractivity contribution < 1.29 is 17.9 Å². The molecule has 0 saturated carbocycles. The van der Waals surface area contributed by atoms with E-state index in [9.17, 15) is 13.2 Å². The fourth-order valence-electron chi connectivity index (χ4n) is 2.63. The highest BCUT2D eigenvalue weighted by atomic mass is 35.5. The summed E-state index contributed by atoms with van der Waals surface area (Å²) in [5, 5.41) is 3.50. The number of nitrogens with zero attached hydrogens (tertiary/aromatic N) is 1. The summed E-state index contributed by atoms with van der Waals surface area (Å²) < 4.78 is 31.3. The van der Waals surface area contributed by atoms with Crippen LogP contribution in [0.3, 0.4) is 0 Å². The van der Waals surface area contributed by atoms with Gasteiger partial charge < -0.3 is 10.1 Å². The lowest BCUT2D eigenvalue weighted by Crippen LogP contribution is -2.36. The van der Waals surface area contributed by atoms with Crippen LogP contribution < -0.4 is 10.1 Å². The minimum atomic E-state index is -3.75. The zero-order valence-electron chi connectivity index (χ0n) is 16.6. The van der Waals surface area contributed by atoms with Gasteiger partial charge in [-0.1, -0.05) is 37.6 Å². The Morgan fingerprint density at radius 2 is 1.86 bits per heavy atom. The number of hydrogen-bond donors (Lipinski definition) is 1. The zero-order chi connectivity index (χ0) is 21.1. The molecule has 1 N–H and O–H groups in total. The molecule has 8 heteroatoms. The van der Waals surface area contributed by atoms with E-state index < -0.39 is 10.0 Å². The van der Waals surface area contributed by atoms with Crippen LogP contribution in [-0.4, -0.2) is 46.4 Å². The molecule has 1 amide bonds. The van der Waals surface area contributed by atoms with Crippen molar-refractivity contribution in [3.8, 4) is 5.75 Å². The number of hydrogen-bond acceptors (Lipinski definition) is 4. The number of rotatable bonds is 7. The molecular weight excluding hydrogens is 400 g/mol. The molecule has 152 valence electrons. The van der Waals surface area contributed by atoms with Gasteiger partial charge in [-0.15, -0.1) is 0 Å². The molecule has 0 bridgehead atoms. The highest BCUT2D eigenvalue weighted by Crippen LogP contribution is 2.28. The molecule has 0 radical (unpaired) electrons. The van der Waals surface area contributed by atoms with E-state index in [1.54, 1.807) is 6.07 Å². The van der Waals surface area contributed by atoms with Gasteiger partial charge in [-0.05, 0) is 35.9 Å². The molecule has 0 spiro atoms. The van der Waals surface area contributed by atoms with Gasteiger partial charge in [-0.25, -0.2) is 12.7 Å². The van der Waals surface area contributed by atoms with Gasteiger partial charge in [0.05, 0.1) is 7.11 Å². The highest BCUT2D eigenvalue weighted by Gasteiger charge is 2.25. The fourth-order valence-corrected chi connectivity index (χ4v) is 3.90. The quantitative estimate of drug-likeness (QED) is 0.739. The highest BCUT2D eigenvalue weighted by molar-refractivity contribution is 7.89. The Hall–Kier alpha value is -2.09. The number of nitrogens with one attached hydrogen (secondary N) is 1. The number of carbonyl (C=O) groups is 1. The van der Waals surface area contributed by atoms with E-state index >= 15 is 0 Å². The standard InChI is InChI=1S/C20H25ClN2O4S/c1-20(2,15-7-6-8-16(21)12-15)13-22-19(24)14-9-10-17(27-5)18(11-14)28(25,26)23(3)4/h6-12H,13H2,1-5H3,(H,22,24). The summed E-state index contributed by atoms with van der Waals surface area (Å²) >= 11 is 6.06. The zero-order valence-corrected chi connectivity index (χ0v) is 18.2. The van der Waals surface area contributed by atoms with Gasteiger partial charge in [-0.3, -0.25) is 4.79 Å². The van der Waals surface area contributed by atoms with Gasteiger partial charge in [-0.2, -0.15) is 0 Å². The van der Waals surface area contributed by atoms with Gasteiger partial charge in [0.25, 0.3) is 5.91 Å². The maximum Gasteiger partial charge on any atom is 0.251 e. The van der Waals surface area contributed by atoms with Crippen molar-refractivity contribution in [2.75, 3.05) is 27.7 Å². The first-order valence-corrected chi connectivity index (χ1v) is 10.5. The maximum absolute atomic E-state index is 12.7. The summed E-state index contributed by atoms with van der Waals surface area (Å²) in [4.78, 5) is 12.6. The topological polar surface area (TPSA) is 75.7 Å². The summed E-state index contributed by atoms with van der Waals surface area (Å²) in [7, 11) is 0.484. The van der Waals surface area contributed by atoms with E-state index in [0.717, 1.165) is 9.87 Å². The average molecular weight is 425 g/mol.